The van der Waals surface area contributed by atoms with Gasteiger partial charge in [0.05, 0.1) is 0 Å². The van der Waals surface area contributed by atoms with Crippen molar-refractivity contribution in [2.24, 2.45) is 0 Å². The Bertz CT molecular complexity index is 649. The van der Waals surface area contributed by atoms with E-state index >= 15 is 0 Å². The van der Waals surface area contributed by atoms with Crippen molar-refractivity contribution >= 4 is 24.3 Å². The van der Waals surface area contributed by atoms with Crippen LogP contribution < -0.4 is 4.59 Å². The third-order valence-electron chi connectivity index (χ3n) is 2.66. The highest BCUT2D eigenvalue weighted by atomic mass is 19.5. The minimum absolute atomic E-state index is 0.0203. The molecule has 0 radical (unpaired) electrons. The summed E-state index contributed by atoms with van der Waals surface area (Å²) in [6.45, 7) is 0. The molecule has 0 saturated heterocycles. The van der Waals surface area contributed by atoms with E-state index in [9.17, 15) is 22.1 Å². The van der Waals surface area contributed by atoms with Crippen LogP contribution in [-0.4, -0.2) is 61.5 Å². The van der Waals surface area contributed by atoms with Crippen LogP contribution in [0.2, 0.25) is 0 Å². The molecule has 0 aliphatic carbocycles. The molecule has 0 atom stereocenters. The number of fused-ring (bicyclic) bond motifs is 1. The number of carbonyl (C=O) groups excluding carboxylic acids is 1. The summed E-state index contributed by atoms with van der Waals surface area (Å²) in [6, 6.07) is 7.51. The highest BCUT2D eigenvalue weighted by molar-refractivity contribution is 6.50. The van der Waals surface area contributed by atoms with Gasteiger partial charge in [-0.05, 0) is 17.3 Å². The summed E-state index contributed by atoms with van der Waals surface area (Å²) in [4.78, 5) is 15.3. The predicted molar refractivity (Wildman–Crippen MR) is 76.2 cm³/mol. The van der Waals surface area contributed by atoms with Crippen LogP contribution in [-0.2, 0) is 0 Å². The second-order valence-electron chi connectivity index (χ2n) is 5.03. The summed E-state index contributed by atoms with van der Waals surface area (Å²) in [5.74, 6) is 0. The smallest absolute Gasteiger partial charge is 0.418 e. The number of amides is 2. The summed E-state index contributed by atoms with van der Waals surface area (Å²) in [5.41, 5.74) is 1.62. The molecule has 0 spiro atoms. The molecule has 2 rings (SSSR count). The van der Waals surface area contributed by atoms with Crippen molar-refractivity contribution in [2.75, 3.05) is 28.2 Å². The fourth-order valence-electron chi connectivity index (χ4n) is 1.80. The number of rotatable bonds is 1. The molecule has 0 N–H and O–H groups in total. The van der Waals surface area contributed by atoms with Gasteiger partial charge in [-0.3, -0.25) is 4.90 Å². The van der Waals surface area contributed by atoms with E-state index in [0.717, 1.165) is 11.0 Å². The van der Waals surface area contributed by atoms with Gasteiger partial charge in [-0.15, -0.1) is 9.69 Å². The molecule has 1 heterocycles. The maximum absolute atomic E-state index is 12.1. The molecule has 0 fully saturated rings. The molecule has 2 amide bonds. The highest BCUT2D eigenvalue weighted by Crippen LogP contribution is 2.13. The van der Waals surface area contributed by atoms with E-state index in [1.165, 1.54) is 4.90 Å². The highest BCUT2D eigenvalue weighted by Gasteiger charge is 2.33. The first-order valence-corrected chi connectivity index (χ1v) is 6.19. The number of aromatic nitrogens is 3. The molecule has 1 aromatic heterocycles. The van der Waals surface area contributed by atoms with Gasteiger partial charge in [0, 0.05) is 14.1 Å². The molecule has 1 aromatic carbocycles. The van der Waals surface area contributed by atoms with Crippen molar-refractivity contribution in [3.8, 4) is 0 Å². The van der Waals surface area contributed by atoms with Gasteiger partial charge in [0.15, 0.2) is 0 Å². The summed E-state index contributed by atoms with van der Waals surface area (Å²) in [6.07, 6.45) is 0. The van der Waals surface area contributed by atoms with E-state index in [-0.39, 0.29) is 10.6 Å². The van der Waals surface area contributed by atoms with Gasteiger partial charge >= 0.3 is 13.3 Å². The van der Waals surface area contributed by atoms with Gasteiger partial charge < -0.3 is 17.3 Å². The first kappa shape index (κ1) is 17.9. The molecular formula is C11H16BF4N5O. The monoisotopic (exact) mass is 321 g/mol. The number of para-hydroxylation sites is 1. The Labute approximate surface area is 124 Å². The maximum atomic E-state index is 12.1. The molecule has 0 aliphatic heterocycles. The standard InChI is InChI=1S/C11H16N5O.BF4/c1-14(2)11(17)16(3,4)15-10-8-6-5-7-9(10)12-13-15;2-1(3,4)5/h5-8H,1-4H3;/q+1;-1. The number of nitrogens with zero attached hydrogens (tertiary/aromatic N) is 5. The SMILES string of the molecule is CN(C)C(=O)[N+](C)(C)n1nnc2ccccc21.F[B-](F)(F)F. The van der Waals surface area contributed by atoms with Crippen LogP contribution in [0.15, 0.2) is 24.3 Å². The molecule has 2 aromatic rings. The second-order valence-corrected chi connectivity index (χ2v) is 5.03. The van der Waals surface area contributed by atoms with Gasteiger partial charge in [-0.25, -0.2) is 4.79 Å². The fraction of sp³-hybridized carbons (Fsp3) is 0.364. The molecule has 0 bridgehead atoms. The Hall–Kier alpha value is -2.17. The van der Waals surface area contributed by atoms with Crippen molar-refractivity contribution in [2.45, 2.75) is 0 Å². The summed E-state index contributed by atoms with van der Waals surface area (Å²) >= 11 is 0. The van der Waals surface area contributed by atoms with Crippen molar-refractivity contribution in [3.63, 3.8) is 0 Å². The first-order valence-electron chi connectivity index (χ1n) is 6.19. The van der Waals surface area contributed by atoms with E-state index in [0.29, 0.717) is 0 Å². The first-order chi connectivity index (χ1) is 9.94. The van der Waals surface area contributed by atoms with Gasteiger partial charge in [0.1, 0.15) is 25.1 Å². The van der Waals surface area contributed by atoms with E-state index in [1.54, 1.807) is 33.0 Å². The van der Waals surface area contributed by atoms with Crippen molar-refractivity contribution in [3.05, 3.63) is 24.3 Å². The third kappa shape index (κ3) is 4.42. The van der Waals surface area contributed by atoms with Crippen LogP contribution in [0.5, 0.6) is 0 Å². The molecule has 6 nitrogen and oxygen atoms in total. The van der Waals surface area contributed by atoms with Crippen LogP contribution in [0, 0.1) is 0 Å². The Morgan fingerprint density at radius 2 is 1.68 bits per heavy atom. The average Bonchev–Trinajstić information content (AvgIpc) is 2.80. The van der Waals surface area contributed by atoms with Crippen LogP contribution >= 0.6 is 0 Å². The van der Waals surface area contributed by atoms with Gasteiger partial charge in [0.25, 0.3) is 0 Å². The summed E-state index contributed by atoms with van der Waals surface area (Å²) in [7, 11) is 1.01. The number of quaternary nitrogens is 1. The second kappa shape index (κ2) is 6.30. The molecule has 0 aliphatic rings. The molecular weight excluding hydrogens is 305 g/mol. The lowest BCUT2D eigenvalue weighted by molar-refractivity contribution is 0.142. The van der Waals surface area contributed by atoms with Crippen molar-refractivity contribution in [1.29, 1.82) is 0 Å². The summed E-state index contributed by atoms with van der Waals surface area (Å²) in [5, 5.41) is 8.12. The lowest BCUT2D eigenvalue weighted by Gasteiger charge is -2.27. The van der Waals surface area contributed by atoms with Gasteiger partial charge in [-0.2, -0.15) is 0 Å². The predicted octanol–water partition coefficient (Wildman–Crippen LogP) is 2.11. The Balaban J connectivity index is 0.000000422. The summed E-state index contributed by atoms with van der Waals surface area (Å²) < 4.78 is 39.0. The van der Waals surface area contributed by atoms with Gasteiger partial charge in [0.2, 0.25) is 0 Å². The van der Waals surface area contributed by atoms with Crippen molar-refractivity contribution in [1.82, 2.24) is 24.6 Å². The fourth-order valence-corrected chi connectivity index (χ4v) is 1.80. The van der Waals surface area contributed by atoms with E-state index in [4.69, 9.17) is 0 Å². The number of hydrogen-bond acceptors (Lipinski definition) is 3. The normalized spacial score (nSPS) is 11.8. The quantitative estimate of drug-likeness (QED) is 0.459. The Morgan fingerprint density at radius 1 is 1.18 bits per heavy atom. The molecule has 22 heavy (non-hydrogen) atoms. The lowest BCUT2D eigenvalue weighted by Crippen LogP contribution is -2.60. The van der Waals surface area contributed by atoms with E-state index < -0.39 is 7.25 Å². The molecule has 122 valence electrons. The lowest BCUT2D eigenvalue weighted by atomic mass is 10.3. The number of hydrogen-bond donors (Lipinski definition) is 0. The molecule has 11 heteroatoms. The number of halogens is 4. The van der Waals surface area contributed by atoms with Crippen LogP contribution in [0.1, 0.15) is 0 Å². The zero-order valence-corrected chi connectivity index (χ0v) is 12.5. The molecule has 0 unspecified atom stereocenters. The topological polar surface area (TPSA) is 51.0 Å². The van der Waals surface area contributed by atoms with E-state index in [2.05, 4.69) is 10.3 Å². The minimum atomic E-state index is -6.00. The maximum Gasteiger partial charge on any atom is 0.673 e. The van der Waals surface area contributed by atoms with Crippen LogP contribution in [0.25, 0.3) is 11.0 Å². The number of carbonyl (C=O) groups is 1. The Kier molecular flexibility index (Phi) is 5.12. The van der Waals surface area contributed by atoms with E-state index in [1.807, 2.05) is 24.3 Å². The van der Waals surface area contributed by atoms with Crippen LogP contribution in [0.4, 0.5) is 22.1 Å². The number of urea groups is 1. The third-order valence-corrected chi connectivity index (χ3v) is 2.66. The van der Waals surface area contributed by atoms with Crippen molar-refractivity contribution < 1.29 is 22.1 Å². The van der Waals surface area contributed by atoms with Gasteiger partial charge in [-0.1, -0.05) is 16.9 Å². The minimum Gasteiger partial charge on any atom is -0.418 e. The average molecular weight is 321 g/mol. The number of benzene rings is 1. The molecule has 0 saturated carbocycles. The van der Waals surface area contributed by atoms with Crippen LogP contribution in [0.3, 0.4) is 0 Å². The largest absolute Gasteiger partial charge is 0.673 e. The zero-order chi connectivity index (χ0) is 17.1. The Morgan fingerprint density at radius 3 is 2.18 bits per heavy atom. The zero-order valence-electron chi connectivity index (χ0n) is 12.5.